The molecular weight excluding hydrogens is 340 g/mol. The summed E-state index contributed by atoms with van der Waals surface area (Å²) in [5.74, 6) is -0.114. The van der Waals surface area contributed by atoms with E-state index < -0.39 is 5.54 Å². The number of allylic oxidation sites excluding steroid dienone is 4. The largest absolute Gasteiger partial charge is 0.464 e. The fraction of sp³-hybridized carbons (Fsp3) is 0.591. The van der Waals surface area contributed by atoms with Gasteiger partial charge >= 0.3 is 5.97 Å². The standard InChI is InChI=1S/C22H30N2O3/c1-3-27-21(26)22(12-7-13-22)24-20(25)17-10-11-18(19(23)14-17)15(2)16-8-5-4-6-9-16/h10-11,14,16,23H,3-9,12-13H2,1-2H3,(H,24,25)/b18-15+,23-19?. The molecule has 2 N–H and O–H groups in total. The zero-order chi connectivity index (χ0) is 19.4. The highest BCUT2D eigenvalue weighted by atomic mass is 16.5. The van der Waals surface area contributed by atoms with Crippen molar-refractivity contribution in [2.45, 2.75) is 70.8 Å². The second-order valence-electron chi connectivity index (χ2n) is 7.89. The molecule has 1 amide bonds. The molecule has 3 aliphatic rings. The molecule has 3 rings (SSSR count). The van der Waals surface area contributed by atoms with Crippen LogP contribution in [0.1, 0.15) is 65.2 Å². The lowest BCUT2D eigenvalue weighted by atomic mass is 9.76. The Balaban J connectivity index is 1.70. The number of nitrogens with one attached hydrogen (secondary N) is 2. The maximum Gasteiger partial charge on any atom is 0.331 e. The van der Waals surface area contributed by atoms with Crippen molar-refractivity contribution in [1.82, 2.24) is 5.32 Å². The molecule has 0 heterocycles. The molecule has 0 radical (unpaired) electrons. The average Bonchev–Trinajstić information content (AvgIpc) is 2.64. The van der Waals surface area contributed by atoms with Crippen molar-refractivity contribution in [3.05, 3.63) is 34.9 Å². The van der Waals surface area contributed by atoms with Crippen molar-refractivity contribution in [2.24, 2.45) is 5.92 Å². The molecule has 0 aromatic heterocycles. The molecular formula is C22H30N2O3. The van der Waals surface area contributed by atoms with Gasteiger partial charge in [0.1, 0.15) is 5.54 Å². The van der Waals surface area contributed by atoms with Crippen molar-refractivity contribution in [3.63, 3.8) is 0 Å². The summed E-state index contributed by atoms with van der Waals surface area (Å²) in [5.41, 5.74) is 2.11. The highest BCUT2D eigenvalue weighted by Crippen LogP contribution is 2.35. The minimum atomic E-state index is -0.891. The molecule has 0 atom stereocenters. The van der Waals surface area contributed by atoms with Gasteiger partial charge in [-0.1, -0.05) is 30.9 Å². The Labute approximate surface area is 161 Å². The highest BCUT2D eigenvalue weighted by molar-refractivity contribution is 6.16. The lowest BCUT2D eigenvalue weighted by molar-refractivity contribution is -0.157. The second kappa shape index (κ2) is 8.24. The number of hydrogen-bond acceptors (Lipinski definition) is 4. The first kappa shape index (κ1) is 19.6. The number of rotatable bonds is 5. The van der Waals surface area contributed by atoms with Crippen molar-refractivity contribution < 1.29 is 14.3 Å². The molecule has 2 fully saturated rings. The van der Waals surface area contributed by atoms with Crippen LogP contribution < -0.4 is 5.32 Å². The minimum absolute atomic E-state index is 0.304. The Hall–Kier alpha value is -2.17. The molecule has 0 aromatic rings. The Morgan fingerprint density at radius 2 is 1.89 bits per heavy atom. The Kier molecular flexibility index (Phi) is 5.98. The molecule has 146 valence electrons. The normalized spacial score (nSPS) is 23.9. The van der Waals surface area contributed by atoms with Gasteiger partial charge in [0.2, 0.25) is 0 Å². The first-order chi connectivity index (χ1) is 13.0. The summed E-state index contributed by atoms with van der Waals surface area (Å²) in [7, 11) is 0. The molecule has 0 aromatic carbocycles. The van der Waals surface area contributed by atoms with E-state index in [2.05, 4.69) is 12.2 Å². The maximum absolute atomic E-state index is 12.7. The van der Waals surface area contributed by atoms with Gasteiger partial charge in [-0.15, -0.1) is 0 Å². The first-order valence-corrected chi connectivity index (χ1v) is 10.2. The van der Waals surface area contributed by atoms with Crippen LogP contribution in [-0.2, 0) is 14.3 Å². The predicted molar refractivity (Wildman–Crippen MR) is 106 cm³/mol. The lowest BCUT2D eigenvalue weighted by Crippen LogP contribution is -2.60. The van der Waals surface area contributed by atoms with E-state index in [0.717, 1.165) is 12.0 Å². The van der Waals surface area contributed by atoms with E-state index >= 15 is 0 Å². The van der Waals surface area contributed by atoms with Crippen LogP contribution in [0, 0.1) is 11.3 Å². The van der Waals surface area contributed by atoms with E-state index in [1.54, 1.807) is 19.1 Å². The van der Waals surface area contributed by atoms with Gasteiger partial charge in [-0.25, -0.2) is 4.79 Å². The van der Waals surface area contributed by atoms with Gasteiger partial charge in [0.15, 0.2) is 0 Å². The fourth-order valence-electron chi connectivity index (χ4n) is 4.25. The van der Waals surface area contributed by atoms with Crippen LogP contribution in [0.4, 0.5) is 0 Å². The van der Waals surface area contributed by atoms with Crippen molar-refractivity contribution >= 4 is 17.6 Å². The molecule has 0 spiro atoms. The maximum atomic E-state index is 12.7. The molecule has 27 heavy (non-hydrogen) atoms. The molecule has 0 unspecified atom stereocenters. The molecule has 2 saturated carbocycles. The van der Waals surface area contributed by atoms with Crippen LogP contribution in [0.15, 0.2) is 34.9 Å². The number of carbonyl (C=O) groups excluding carboxylic acids is 2. The number of hydrogen-bond donors (Lipinski definition) is 2. The lowest BCUT2D eigenvalue weighted by Gasteiger charge is -2.39. The van der Waals surface area contributed by atoms with Crippen LogP contribution in [0.2, 0.25) is 0 Å². The Morgan fingerprint density at radius 3 is 2.44 bits per heavy atom. The highest BCUT2D eigenvalue weighted by Gasteiger charge is 2.47. The quantitative estimate of drug-likeness (QED) is 0.718. The molecule has 0 aliphatic heterocycles. The summed E-state index contributed by atoms with van der Waals surface area (Å²) < 4.78 is 5.13. The fourth-order valence-corrected chi connectivity index (χ4v) is 4.25. The van der Waals surface area contributed by atoms with Gasteiger partial charge in [0.25, 0.3) is 5.91 Å². The van der Waals surface area contributed by atoms with Crippen molar-refractivity contribution in [2.75, 3.05) is 6.61 Å². The average molecular weight is 370 g/mol. The van der Waals surface area contributed by atoms with Gasteiger partial charge in [0.05, 0.1) is 12.3 Å². The van der Waals surface area contributed by atoms with Crippen molar-refractivity contribution in [1.29, 1.82) is 5.41 Å². The summed E-state index contributed by atoms with van der Waals surface area (Å²) in [6.07, 6.45) is 13.6. The summed E-state index contributed by atoms with van der Waals surface area (Å²) >= 11 is 0. The minimum Gasteiger partial charge on any atom is -0.464 e. The van der Waals surface area contributed by atoms with Crippen LogP contribution in [0.3, 0.4) is 0 Å². The molecule has 5 heteroatoms. The number of esters is 1. The van der Waals surface area contributed by atoms with E-state index in [4.69, 9.17) is 10.1 Å². The van der Waals surface area contributed by atoms with Gasteiger partial charge < -0.3 is 15.5 Å². The van der Waals surface area contributed by atoms with Crippen LogP contribution >= 0.6 is 0 Å². The Morgan fingerprint density at radius 1 is 1.19 bits per heavy atom. The van der Waals surface area contributed by atoms with Crippen LogP contribution in [-0.4, -0.2) is 29.7 Å². The number of amides is 1. The summed E-state index contributed by atoms with van der Waals surface area (Å²) in [6, 6.07) is 0. The molecule has 3 aliphatic carbocycles. The van der Waals surface area contributed by atoms with Crippen LogP contribution in [0.25, 0.3) is 0 Å². The van der Waals surface area contributed by atoms with Gasteiger partial charge in [-0.05, 0) is 69.6 Å². The van der Waals surface area contributed by atoms with E-state index in [1.165, 1.54) is 37.7 Å². The van der Waals surface area contributed by atoms with E-state index in [-0.39, 0.29) is 11.9 Å². The van der Waals surface area contributed by atoms with Gasteiger partial charge in [0, 0.05) is 5.57 Å². The summed E-state index contributed by atoms with van der Waals surface area (Å²) in [6.45, 7) is 4.19. The van der Waals surface area contributed by atoms with Gasteiger partial charge in [-0.2, -0.15) is 0 Å². The van der Waals surface area contributed by atoms with Crippen LogP contribution in [0.5, 0.6) is 0 Å². The third-order valence-electron chi connectivity index (χ3n) is 6.15. The molecule has 5 nitrogen and oxygen atoms in total. The predicted octanol–water partition coefficient (Wildman–Crippen LogP) is 4.00. The SMILES string of the molecule is CCOC(=O)C1(NC(=O)C2=CC(=N)/C(=C(\C)C3CCCCC3)C=C2)CCC1. The smallest absolute Gasteiger partial charge is 0.331 e. The topological polar surface area (TPSA) is 79.2 Å². The van der Waals surface area contributed by atoms with E-state index in [9.17, 15) is 9.59 Å². The first-order valence-electron chi connectivity index (χ1n) is 10.2. The second-order valence-corrected chi connectivity index (χ2v) is 7.89. The zero-order valence-corrected chi connectivity index (χ0v) is 16.4. The Bertz CT molecular complexity index is 720. The van der Waals surface area contributed by atoms with Gasteiger partial charge in [-0.3, -0.25) is 4.79 Å². The summed E-state index contributed by atoms with van der Waals surface area (Å²) in [5, 5.41) is 11.3. The third kappa shape index (κ3) is 4.07. The number of carbonyl (C=O) groups is 2. The van der Waals surface area contributed by atoms with E-state index in [1.807, 2.05) is 6.08 Å². The monoisotopic (exact) mass is 370 g/mol. The zero-order valence-electron chi connectivity index (χ0n) is 16.4. The number of ether oxygens (including phenoxy) is 1. The third-order valence-corrected chi connectivity index (χ3v) is 6.15. The summed E-state index contributed by atoms with van der Waals surface area (Å²) in [4.78, 5) is 24.9. The molecule has 0 bridgehead atoms. The van der Waals surface area contributed by atoms with Crippen molar-refractivity contribution in [3.8, 4) is 0 Å². The molecule has 0 saturated heterocycles. The van der Waals surface area contributed by atoms with E-state index in [0.29, 0.717) is 36.7 Å².